The molecule has 0 unspecified atom stereocenters. The number of anilines is 3. The predicted octanol–water partition coefficient (Wildman–Crippen LogP) is 18.0. The fourth-order valence-corrected chi connectivity index (χ4v) is 10.2. The summed E-state index contributed by atoms with van der Waals surface area (Å²) in [6.45, 7) is 0. The molecule has 0 aliphatic carbocycles. The van der Waals surface area contributed by atoms with Gasteiger partial charge in [-0.2, -0.15) is 0 Å². The number of nitrogens with zero attached hydrogens (tertiary/aromatic N) is 2. The van der Waals surface area contributed by atoms with Gasteiger partial charge in [-0.15, -0.1) is 0 Å². The van der Waals surface area contributed by atoms with Gasteiger partial charge in [0.2, 0.25) is 0 Å². The predicted molar refractivity (Wildman–Crippen MR) is 282 cm³/mol. The first kappa shape index (κ1) is 38.5. The Morgan fingerprint density at radius 3 is 1.66 bits per heavy atom. The van der Waals surface area contributed by atoms with Crippen LogP contribution in [0.5, 0.6) is 0 Å². The number of furan rings is 1. The van der Waals surface area contributed by atoms with Crippen LogP contribution in [0.4, 0.5) is 17.1 Å². The lowest BCUT2D eigenvalue weighted by Crippen LogP contribution is -2.11. The molecule has 3 nitrogen and oxygen atoms in total. The van der Waals surface area contributed by atoms with Gasteiger partial charge in [0.25, 0.3) is 0 Å². The van der Waals surface area contributed by atoms with Gasteiger partial charge >= 0.3 is 0 Å². The number of rotatable bonds is 8. The zero-order valence-corrected chi connectivity index (χ0v) is 36.6. The van der Waals surface area contributed by atoms with Crippen LogP contribution in [-0.4, -0.2) is 4.57 Å². The average Bonchev–Trinajstić information content (AvgIpc) is 3.95. The van der Waals surface area contributed by atoms with Crippen LogP contribution in [0.3, 0.4) is 0 Å². The summed E-state index contributed by atoms with van der Waals surface area (Å²) < 4.78 is 8.95. The van der Waals surface area contributed by atoms with Crippen molar-refractivity contribution in [1.29, 1.82) is 0 Å². The molecule has 13 rings (SSSR count). The van der Waals surface area contributed by atoms with Crippen LogP contribution in [0.25, 0.3) is 105 Å². The van der Waals surface area contributed by atoms with E-state index in [9.17, 15) is 0 Å². The summed E-state index contributed by atoms with van der Waals surface area (Å²) in [6, 6.07) is 91.9. The van der Waals surface area contributed by atoms with Crippen LogP contribution in [0, 0.1) is 0 Å². The fraction of sp³-hybridized carbons (Fsp3) is 0. The minimum Gasteiger partial charge on any atom is -0.455 e. The van der Waals surface area contributed by atoms with Gasteiger partial charge < -0.3 is 13.9 Å². The number of hydrogen-bond donors (Lipinski definition) is 0. The first-order valence-electron chi connectivity index (χ1n) is 22.9. The van der Waals surface area contributed by atoms with Crippen molar-refractivity contribution in [2.75, 3.05) is 4.90 Å². The fourth-order valence-electron chi connectivity index (χ4n) is 10.2. The molecule has 67 heavy (non-hydrogen) atoms. The number of hydrogen-bond acceptors (Lipinski definition) is 2. The van der Waals surface area contributed by atoms with Gasteiger partial charge in [-0.3, -0.25) is 0 Å². The maximum Gasteiger partial charge on any atom is 0.143 e. The average molecular weight is 855 g/mol. The molecule has 0 aliphatic heterocycles. The zero-order chi connectivity index (χ0) is 44.3. The van der Waals surface area contributed by atoms with Crippen LogP contribution in [0.1, 0.15) is 0 Å². The van der Waals surface area contributed by atoms with Crippen molar-refractivity contribution in [3.8, 4) is 50.2 Å². The lowest BCUT2D eigenvalue weighted by molar-refractivity contribution is 0.670. The maximum absolute atomic E-state index is 6.55. The molecular formula is C64H42N2O. The lowest BCUT2D eigenvalue weighted by atomic mass is 9.97. The first-order valence-corrected chi connectivity index (χ1v) is 22.9. The van der Waals surface area contributed by atoms with Gasteiger partial charge in [0.15, 0.2) is 0 Å². The van der Waals surface area contributed by atoms with E-state index in [1.807, 2.05) is 12.1 Å². The van der Waals surface area contributed by atoms with Crippen molar-refractivity contribution < 1.29 is 4.42 Å². The zero-order valence-electron chi connectivity index (χ0n) is 36.6. The summed E-state index contributed by atoms with van der Waals surface area (Å²) in [7, 11) is 0. The monoisotopic (exact) mass is 854 g/mol. The molecular weight excluding hydrogens is 813 g/mol. The second-order valence-corrected chi connectivity index (χ2v) is 17.3. The highest BCUT2D eigenvalue weighted by atomic mass is 16.3. The normalized spacial score (nSPS) is 11.6. The highest BCUT2D eigenvalue weighted by molar-refractivity contribution is 6.11. The highest BCUT2D eigenvalue weighted by Gasteiger charge is 2.20. The standard InChI is InChI=1S/C64H42N2O/c1-2-16-47-41-49(36-33-43(47)15-1)53-20-4-8-26-59(53)65(51-18-13-17-48(42-51)54-24-14-25-58-57-23-7-12-30-63(57)67-64(54)58)50-39-37-45(38-40-50)44-31-34-46(35-32-44)52-19-3-9-27-60(52)66-61-28-10-5-21-55(61)56-22-6-11-29-62(56)66/h1-42H. The molecule has 13 aromatic rings. The first-order chi connectivity index (χ1) is 33.2. The van der Waals surface area contributed by atoms with E-state index in [4.69, 9.17) is 4.42 Å². The van der Waals surface area contributed by atoms with Crippen molar-refractivity contribution in [2.45, 2.75) is 0 Å². The quantitative estimate of drug-likeness (QED) is 0.152. The van der Waals surface area contributed by atoms with Gasteiger partial charge in [-0.05, 0) is 99.3 Å². The molecule has 3 heteroatoms. The van der Waals surface area contributed by atoms with Gasteiger partial charge in [0.05, 0.1) is 22.4 Å². The van der Waals surface area contributed by atoms with Crippen LogP contribution in [0.15, 0.2) is 259 Å². The molecule has 0 N–H and O–H groups in total. The van der Waals surface area contributed by atoms with Gasteiger partial charge in [-0.1, -0.05) is 194 Å². The molecule has 0 spiro atoms. The van der Waals surface area contributed by atoms with Crippen molar-refractivity contribution in [1.82, 2.24) is 4.57 Å². The van der Waals surface area contributed by atoms with Gasteiger partial charge in [0, 0.05) is 49.6 Å². The van der Waals surface area contributed by atoms with E-state index in [0.717, 1.165) is 66.8 Å². The Morgan fingerprint density at radius 2 is 0.866 bits per heavy atom. The second kappa shape index (κ2) is 16.0. The molecule has 0 radical (unpaired) electrons. The Labute approximate surface area is 388 Å². The topological polar surface area (TPSA) is 21.3 Å². The summed E-state index contributed by atoms with van der Waals surface area (Å²) >= 11 is 0. The van der Waals surface area contributed by atoms with Crippen LogP contribution in [0.2, 0.25) is 0 Å². The second-order valence-electron chi connectivity index (χ2n) is 17.3. The smallest absolute Gasteiger partial charge is 0.143 e. The summed E-state index contributed by atoms with van der Waals surface area (Å²) in [5.74, 6) is 0. The van der Waals surface area contributed by atoms with Gasteiger partial charge in [0.1, 0.15) is 11.2 Å². The number of fused-ring (bicyclic) bond motifs is 7. The van der Waals surface area contributed by atoms with Gasteiger partial charge in [-0.25, -0.2) is 0 Å². The van der Waals surface area contributed by atoms with Crippen molar-refractivity contribution in [3.63, 3.8) is 0 Å². The number of aromatic nitrogens is 1. The Hall–Kier alpha value is -8.92. The van der Waals surface area contributed by atoms with Crippen molar-refractivity contribution in [3.05, 3.63) is 255 Å². The third kappa shape index (κ3) is 6.59. The minimum atomic E-state index is 0.894. The number of para-hydroxylation sites is 6. The Bertz CT molecular complexity index is 3930. The van der Waals surface area contributed by atoms with E-state index >= 15 is 0 Å². The number of benzene rings is 11. The van der Waals surface area contributed by atoms with Crippen LogP contribution < -0.4 is 4.90 Å². The van der Waals surface area contributed by atoms with E-state index in [-0.39, 0.29) is 0 Å². The molecule has 0 atom stereocenters. The summed E-state index contributed by atoms with van der Waals surface area (Å²) in [5, 5.41) is 7.20. The Balaban J connectivity index is 0.899. The maximum atomic E-state index is 6.55. The molecule has 0 saturated heterocycles. The molecule has 0 fully saturated rings. The Morgan fingerprint density at radius 1 is 0.313 bits per heavy atom. The molecule has 0 amide bonds. The van der Waals surface area contributed by atoms with Crippen molar-refractivity contribution in [2.24, 2.45) is 0 Å². The highest BCUT2D eigenvalue weighted by Crippen LogP contribution is 2.44. The van der Waals surface area contributed by atoms with E-state index in [1.54, 1.807) is 0 Å². The van der Waals surface area contributed by atoms with E-state index in [0.29, 0.717) is 0 Å². The molecule has 0 saturated carbocycles. The molecule has 314 valence electrons. The Kier molecular flexibility index (Phi) is 9.17. The lowest BCUT2D eigenvalue weighted by Gasteiger charge is -2.28. The summed E-state index contributed by atoms with van der Waals surface area (Å²) in [5.41, 5.74) is 17.7. The molecule has 0 bridgehead atoms. The van der Waals surface area contributed by atoms with E-state index in [2.05, 4.69) is 252 Å². The third-order valence-corrected chi connectivity index (χ3v) is 13.4. The van der Waals surface area contributed by atoms with Crippen molar-refractivity contribution >= 4 is 71.6 Å². The van der Waals surface area contributed by atoms with Crippen LogP contribution in [-0.2, 0) is 0 Å². The SMILES string of the molecule is c1cc(-c2cccc3c2oc2ccccc23)cc(N(c2ccc(-c3ccc(-c4ccccc4-n4c5ccccc5c5ccccc54)cc3)cc2)c2ccccc2-c2ccc3ccccc3c2)c1. The molecule has 11 aromatic carbocycles. The summed E-state index contributed by atoms with van der Waals surface area (Å²) in [6.07, 6.45) is 0. The summed E-state index contributed by atoms with van der Waals surface area (Å²) in [4.78, 5) is 2.39. The third-order valence-electron chi connectivity index (χ3n) is 13.4. The molecule has 2 aromatic heterocycles. The minimum absolute atomic E-state index is 0.894. The van der Waals surface area contributed by atoms with E-state index in [1.165, 1.54) is 55.0 Å². The largest absolute Gasteiger partial charge is 0.455 e. The molecule has 0 aliphatic rings. The van der Waals surface area contributed by atoms with Crippen LogP contribution >= 0.6 is 0 Å². The molecule has 2 heterocycles. The van der Waals surface area contributed by atoms with E-state index < -0.39 is 0 Å².